The topological polar surface area (TPSA) is 97.4 Å². The number of rotatable bonds is 10. The largest absolute Gasteiger partial charge is 0.473 e. The Morgan fingerprint density at radius 3 is 2.52 bits per heavy atom. The first kappa shape index (κ1) is 22.7. The number of sulfonamides is 1. The predicted molar refractivity (Wildman–Crippen MR) is 118 cm³/mol. The summed E-state index contributed by atoms with van der Waals surface area (Å²) in [5.41, 5.74) is 1.85. The van der Waals surface area contributed by atoms with Gasteiger partial charge in [-0.15, -0.1) is 0 Å². The normalized spacial score (nSPS) is 11.1. The van der Waals surface area contributed by atoms with Gasteiger partial charge in [-0.2, -0.15) is 0 Å². The molecular weight excluding hydrogens is 438 g/mol. The maximum Gasteiger partial charge on any atom is 0.242 e. The Bertz CT molecular complexity index is 1120. The molecule has 0 aliphatic rings. The van der Waals surface area contributed by atoms with Gasteiger partial charge in [0.25, 0.3) is 0 Å². The summed E-state index contributed by atoms with van der Waals surface area (Å²) < 4.78 is 32.6. The van der Waals surface area contributed by atoms with Crippen molar-refractivity contribution < 1.29 is 17.9 Å². The van der Waals surface area contributed by atoms with Crippen molar-refractivity contribution in [1.29, 1.82) is 0 Å². The number of pyridine rings is 1. The highest BCUT2D eigenvalue weighted by atomic mass is 35.5. The summed E-state index contributed by atoms with van der Waals surface area (Å²) in [6.45, 7) is 0.636. The number of amides is 1. The van der Waals surface area contributed by atoms with E-state index in [-0.39, 0.29) is 35.3 Å². The highest BCUT2D eigenvalue weighted by Crippen LogP contribution is 2.20. The van der Waals surface area contributed by atoms with Gasteiger partial charge < -0.3 is 10.1 Å². The Morgan fingerprint density at radius 1 is 1.00 bits per heavy atom. The van der Waals surface area contributed by atoms with Gasteiger partial charge in [-0.05, 0) is 29.3 Å². The van der Waals surface area contributed by atoms with Crippen molar-refractivity contribution in [2.24, 2.45) is 0 Å². The molecule has 7 nitrogen and oxygen atoms in total. The van der Waals surface area contributed by atoms with Crippen LogP contribution in [0.25, 0.3) is 0 Å². The van der Waals surface area contributed by atoms with Crippen LogP contribution < -0.4 is 14.8 Å². The molecule has 2 aromatic carbocycles. The molecule has 0 fully saturated rings. The van der Waals surface area contributed by atoms with E-state index in [2.05, 4.69) is 15.0 Å². The van der Waals surface area contributed by atoms with Gasteiger partial charge >= 0.3 is 0 Å². The minimum absolute atomic E-state index is 0.00781. The number of aromatic nitrogens is 1. The van der Waals surface area contributed by atoms with E-state index in [1.807, 2.05) is 30.3 Å². The summed E-state index contributed by atoms with van der Waals surface area (Å²) in [7, 11) is -3.78. The third-order valence-corrected chi connectivity index (χ3v) is 6.25. The first-order valence-electron chi connectivity index (χ1n) is 9.56. The van der Waals surface area contributed by atoms with Crippen LogP contribution in [-0.4, -0.2) is 25.9 Å². The fourth-order valence-electron chi connectivity index (χ4n) is 2.70. The van der Waals surface area contributed by atoms with Gasteiger partial charge in [0.1, 0.15) is 11.5 Å². The van der Waals surface area contributed by atoms with Crippen LogP contribution in [-0.2, 0) is 28.0 Å². The minimum Gasteiger partial charge on any atom is -0.473 e. The maximum atomic E-state index is 12.3. The molecule has 1 amide bonds. The third kappa shape index (κ3) is 7.06. The van der Waals surface area contributed by atoms with Gasteiger partial charge in [0.2, 0.25) is 21.8 Å². The Kier molecular flexibility index (Phi) is 8.00. The molecule has 0 saturated heterocycles. The van der Waals surface area contributed by atoms with Crippen LogP contribution in [0.1, 0.15) is 17.5 Å². The maximum absolute atomic E-state index is 12.3. The minimum atomic E-state index is -3.78. The van der Waals surface area contributed by atoms with Crippen LogP contribution in [0.3, 0.4) is 0 Å². The Hall–Kier alpha value is -2.94. The van der Waals surface area contributed by atoms with Gasteiger partial charge in [0, 0.05) is 31.8 Å². The van der Waals surface area contributed by atoms with Gasteiger partial charge in [-0.3, -0.25) is 4.79 Å². The highest BCUT2D eigenvalue weighted by molar-refractivity contribution is 7.89. The molecule has 0 aliphatic heterocycles. The summed E-state index contributed by atoms with van der Waals surface area (Å²) in [5.74, 6) is 0.175. The molecule has 2 N–H and O–H groups in total. The molecule has 0 saturated carbocycles. The van der Waals surface area contributed by atoms with Crippen molar-refractivity contribution >= 4 is 27.5 Å². The van der Waals surface area contributed by atoms with Crippen molar-refractivity contribution in [2.45, 2.75) is 24.5 Å². The Labute approximate surface area is 186 Å². The SMILES string of the molecule is O=C(CCNS(=O)(=O)c1ccccc1Cl)NCc1ccnc(OCc2ccccc2)c1. The van der Waals surface area contributed by atoms with Crippen LogP contribution in [0.2, 0.25) is 5.02 Å². The van der Waals surface area contributed by atoms with Crippen LogP contribution in [0.4, 0.5) is 0 Å². The standard InChI is InChI=1S/C22H22ClN3O4S/c23-19-8-4-5-9-20(19)31(28,29)26-13-11-21(27)25-15-18-10-12-24-22(14-18)30-16-17-6-2-1-3-7-17/h1-10,12,14,26H,11,13,15-16H2,(H,25,27). The molecular formula is C22H22ClN3O4S. The number of hydrogen-bond donors (Lipinski definition) is 2. The first-order chi connectivity index (χ1) is 14.9. The number of nitrogens with zero attached hydrogens (tertiary/aromatic N) is 1. The van der Waals surface area contributed by atoms with E-state index in [0.29, 0.717) is 12.5 Å². The van der Waals surface area contributed by atoms with Crippen molar-refractivity contribution in [3.63, 3.8) is 0 Å². The lowest BCUT2D eigenvalue weighted by Gasteiger charge is -2.10. The van der Waals surface area contributed by atoms with Crippen LogP contribution in [0, 0.1) is 0 Å². The molecule has 0 radical (unpaired) electrons. The second-order valence-electron chi connectivity index (χ2n) is 6.63. The lowest BCUT2D eigenvalue weighted by molar-refractivity contribution is -0.121. The van der Waals surface area contributed by atoms with Crippen LogP contribution in [0.15, 0.2) is 77.8 Å². The van der Waals surface area contributed by atoms with E-state index < -0.39 is 10.0 Å². The average Bonchev–Trinajstić information content (AvgIpc) is 2.77. The first-order valence-corrected chi connectivity index (χ1v) is 11.4. The van der Waals surface area contributed by atoms with E-state index in [9.17, 15) is 13.2 Å². The highest BCUT2D eigenvalue weighted by Gasteiger charge is 2.17. The van der Waals surface area contributed by atoms with Gasteiger partial charge in [-0.1, -0.05) is 54.1 Å². The van der Waals surface area contributed by atoms with Gasteiger partial charge in [0.05, 0.1) is 5.02 Å². The molecule has 0 aliphatic carbocycles. The molecule has 31 heavy (non-hydrogen) atoms. The fraction of sp³-hybridized carbons (Fsp3) is 0.182. The number of ether oxygens (including phenoxy) is 1. The Balaban J connectivity index is 1.44. The van der Waals surface area contributed by atoms with Gasteiger partial charge in [-0.25, -0.2) is 18.1 Å². The van der Waals surface area contributed by atoms with E-state index in [1.54, 1.807) is 30.5 Å². The third-order valence-electron chi connectivity index (χ3n) is 4.29. The smallest absolute Gasteiger partial charge is 0.242 e. The molecule has 3 rings (SSSR count). The Morgan fingerprint density at radius 2 is 1.74 bits per heavy atom. The number of carbonyl (C=O) groups excluding carboxylic acids is 1. The van der Waals surface area contributed by atoms with E-state index in [4.69, 9.17) is 16.3 Å². The zero-order chi connectivity index (χ0) is 22.1. The fourth-order valence-corrected chi connectivity index (χ4v) is 4.25. The van der Waals surface area contributed by atoms with Crippen LogP contribution >= 0.6 is 11.6 Å². The van der Waals surface area contributed by atoms with Crippen molar-refractivity contribution in [1.82, 2.24) is 15.0 Å². The molecule has 0 atom stereocenters. The molecule has 1 heterocycles. The summed E-state index contributed by atoms with van der Waals surface area (Å²) in [6, 6.07) is 19.4. The molecule has 3 aromatic rings. The second-order valence-corrected chi connectivity index (χ2v) is 8.77. The number of halogens is 1. The lowest BCUT2D eigenvalue weighted by Crippen LogP contribution is -2.30. The van der Waals surface area contributed by atoms with E-state index >= 15 is 0 Å². The summed E-state index contributed by atoms with van der Waals surface area (Å²) >= 11 is 5.92. The monoisotopic (exact) mass is 459 g/mol. The van der Waals surface area contributed by atoms with Crippen LogP contribution in [0.5, 0.6) is 5.88 Å². The molecule has 9 heteroatoms. The quantitative estimate of drug-likeness (QED) is 0.484. The molecule has 1 aromatic heterocycles. The summed E-state index contributed by atoms with van der Waals surface area (Å²) in [4.78, 5) is 16.2. The number of carbonyl (C=O) groups is 1. The number of nitrogens with one attached hydrogen (secondary N) is 2. The molecule has 162 valence electrons. The van der Waals surface area contributed by atoms with Crippen molar-refractivity contribution in [3.05, 3.63) is 89.1 Å². The van der Waals surface area contributed by atoms with Crippen molar-refractivity contribution in [3.8, 4) is 5.88 Å². The van der Waals surface area contributed by atoms with Gasteiger partial charge in [0.15, 0.2) is 0 Å². The molecule has 0 spiro atoms. The molecule has 0 bridgehead atoms. The zero-order valence-electron chi connectivity index (χ0n) is 16.6. The lowest BCUT2D eigenvalue weighted by atomic mass is 10.2. The second kappa shape index (κ2) is 10.9. The average molecular weight is 460 g/mol. The van der Waals surface area contributed by atoms with Crippen molar-refractivity contribution in [2.75, 3.05) is 6.54 Å². The predicted octanol–water partition coefficient (Wildman–Crippen LogP) is 3.30. The zero-order valence-corrected chi connectivity index (χ0v) is 18.2. The van der Waals surface area contributed by atoms with E-state index in [1.165, 1.54) is 12.1 Å². The summed E-state index contributed by atoms with van der Waals surface area (Å²) in [5, 5.41) is 2.88. The summed E-state index contributed by atoms with van der Waals surface area (Å²) in [6.07, 6.45) is 1.60. The number of benzene rings is 2. The molecule has 0 unspecified atom stereocenters. The number of hydrogen-bond acceptors (Lipinski definition) is 5. The van der Waals surface area contributed by atoms with E-state index in [0.717, 1.165) is 11.1 Å².